The fourth-order valence-corrected chi connectivity index (χ4v) is 3.38. The highest BCUT2D eigenvalue weighted by atomic mass is 16.5. The van der Waals surface area contributed by atoms with Crippen LogP contribution in [0.15, 0.2) is 48.5 Å². The fourth-order valence-electron chi connectivity index (χ4n) is 3.38. The summed E-state index contributed by atoms with van der Waals surface area (Å²) in [6, 6.07) is 15.2. The SMILES string of the molecule is CN(Cc1ccc(N2CCCCC2)cc1)C(=O)c1ccc(OCC(N)=O)cc1. The average Bonchev–Trinajstić information content (AvgIpc) is 2.73. The average molecular weight is 381 g/mol. The highest BCUT2D eigenvalue weighted by molar-refractivity contribution is 5.94. The van der Waals surface area contributed by atoms with Gasteiger partial charge in [0.05, 0.1) is 0 Å². The zero-order valence-electron chi connectivity index (χ0n) is 16.3. The molecular formula is C22H27N3O3. The topological polar surface area (TPSA) is 75.9 Å². The number of nitrogens with zero attached hydrogens (tertiary/aromatic N) is 2. The molecule has 6 nitrogen and oxygen atoms in total. The van der Waals surface area contributed by atoms with E-state index in [1.165, 1.54) is 24.9 Å². The van der Waals surface area contributed by atoms with Crippen molar-refractivity contribution in [2.24, 2.45) is 5.73 Å². The number of ether oxygens (including phenoxy) is 1. The third kappa shape index (κ3) is 5.25. The maximum atomic E-state index is 12.6. The smallest absolute Gasteiger partial charge is 0.255 e. The summed E-state index contributed by atoms with van der Waals surface area (Å²) in [6.07, 6.45) is 3.83. The van der Waals surface area contributed by atoms with Crippen LogP contribution in [-0.2, 0) is 11.3 Å². The molecule has 1 aliphatic heterocycles. The van der Waals surface area contributed by atoms with E-state index in [2.05, 4.69) is 29.2 Å². The maximum Gasteiger partial charge on any atom is 0.255 e. The van der Waals surface area contributed by atoms with Crippen LogP contribution in [0.4, 0.5) is 5.69 Å². The van der Waals surface area contributed by atoms with E-state index >= 15 is 0 Å². The van der Waals surface area contributed by atoms with E-state index in [-0.39, 0.29) is 12.5 Å². The highest BCUT2D eigenvalue weighted by Gasteiger charge is 2.14. The Morgan fingerprint density at radius 1 is 1.00 bits per heavy atom. The van der Waals surface area contributed by atoms with Crippen molar-refractivity contribution in [3.8, 4) is 5.75 Å². The molecule has 0 unspecified atom stereocenters. The van der Waals surface area contributed by atoms with Gasteiger partial charge in [-0.25, -0.2) is 0 Å². The van der Waals surface area contributed by atoms with Gasteiger partial charge >= 0.3 is 0 Å². The van der Waals surface area contributed by atoms with Gasteiger partial charge in [-0.15, -0.1) is 0 Å². The van der Waals surface area contributed by atoms with Crippen LogP contribution in [-0.4, -0.2) is 43.5 Å². The Morgan fingerprint density at radius 2 is 1.64 bits per heavy atom. The van der Waals surface area contributed by atoms with Crippen molar-refractivity contribution in [1.82, 2.24) is 4.90 Å². The summed E-state index contributed by atoms with van der Waals surface area (Å²) < 4.78 is 5.22. The zero-order chi connectivity index (χ0) is 19.9. The molecule has 2 aromatic carbocycles. The van der Waals surface area contributed by atoms with E-state index in [1.807, 2.05) is 0 Å². The van der Waals surface area contributed by atoms with Crippen molar-refractivity contribution in [2.75, 3.05) is 31.6 Å². The molecule has 0 saturated carbocycles. The van der Waals surface area contributed by atoms with Crippen LogP contribution < -0.4 is 15.4 Å². The summed E-state index contributed by atoms with van der Waals surface area (Å²) in [5.41, 5.74) is 7.97. The molecule has 0 spiro atoms. The molecule has 0 atom stereocenters. The number of anilines is 1. The zero-order valence-corrected chi connectivity index (χ0v) is 16.3. The minimum atomic E-state index is -0.536. The number of piperidine rings is 1. The summed E-state index contributed by atoms with van der Waals surface area (Å²) in [5.74, 6) is -0.0981. The lowest BCUT2D eigenvalue weighted by atomic mass is 10.1. The summed E-state index contributed by atoms with van der Waals surface area (Å²) in [7, 11) is 1.79. The minimum absolute atomic E-state index is 0.0680. The van der Waals surface area contributed by atoms with Crippen molar-refractivity contribution < 1.29 is 14.3 Å². The van der Waals surface area contributed by atoms with Gasteiger partial charge in [-0.05, 0) is 61.2 Å². The van der Waals surface area contributed by atoms with Gasteiger partial charge < -0.3 is 20.3 Å². The quantitative estimate of drug-likeness (QED) is 0.800. The first-order valence-corrected chi connectivity index (χ1v) is 9.63. The molecule has 1 heterocycles. The monoisotopic (exact) mass is 381 g/mol. The van der Waals surface area contributed by atoms with Crippen molar-refractivity contribution in [1.29, 1.82) is 0 Å². The standard InChI is InChI=1S/C22H27N3O3/c1-24(22(27)18-7-11-20(12-8-18)28-16-21(23)26)15-17-5-9-19(10-6-17)25-13-3-2-4-14-25/h5-12H,2-4,13-16H2,1H3,(H2,23,26). The van der Waals surface area contributed by atoms with Crippen LogP contribution in [0.1, 0.15) is 35.2 Å². The van der Waals surface area contributed by atoms with Crippen molar-refractivity contribution in [2.45, 2.75) is 25.8 Å². The molecular weight excluding hydrogens is 354 g/mol. The lowest BCUT2D eigenvalue weighted by molar-refractivity contribution is -0.119. The van der Waals surface area contributed by atoms with Crippen LogP contribution in [0, 0.1) is 0 Å². The molecule has 2 aromatic rings. The Bertz CT molecular complexity index is 797. The van der Waals surface area contributed by atoms with E-state index in [4.69, 9.17) is 10.5 Å². The second-order valence-corrected chi connectivity index (χ2v) is 7.15. The molecule has 148 valence electrons. The Morgan fingerprint density at radius 3 is 2.25 bits per heavy atom. The molecule has 1 aliphatic rings. The molecule has 6 heteroatoms. The highest BCUT2D eigenvalue weighted by Crippen LogP contribution is 2.21. The first-order chi connectivity index (χ1) is 13.5. The Balaban J connectivity index is 1.56. The van der Waals surface area contributed by atoms with Gasteiger partial charge in [0.25, 0.3) is 11.8 Å². The van der Waals surface area contributed by atoms with Crippen LogP contribution in [0.5, 0.6) is 5.75 Å². The summed E-state index contributed by atoms with van der Waals surface area (Å²) in [4.78, 5) is 27.5. The number of benzene rings is 2. The van der Waals surface area contributed by atoms with Gasteiger partial charge in [0, 0.05) is 37.9 Å². The second kappa shape index (κ2) is 9.26. The molecule has 0 bridgehead atoms. The Hall–Kier alpha value is -3.02. The lowest BCUT2D eigenvalue weighted by Gasteiger charge is -2.29. The molecule has 3 rings (SSSR count). The van der Waals surface area contributed by atoms with Gasteiger partial charge in [0.1, 0.15) is 5.75 Å². The summed E-state index contributed by atoms with van der Waals surface area (Å²) in [5, 5.41) is 0. The number of primary amides is 1. The van der Waals surface area contributed by atoms with Crippen molar-refractivity contribution in [3.05, 3.63) is 59.7 Å². The van der Waals surface area contributed by atoms with Gasteiger partial charge in [0.2, 0.25) is 0 Å². The van der Waals surface area contributed by atoms with Crippen LogP contribution in [0.2, 0.25) is 0 Å². The van der Waals surface area contributed by atoms with E-state index in [9.17, 15) is 9.59 Å². The fraction of sp³-hybridized carbons (Fsp3) is 0.364. The lowest BCUT2D eigenvalue weighted by Crippen LogP contribution is -2.29. The summed E-state index contributed by atoms with van der Waals surface area (Å²) in [6.45, 7) is 2.60. The predicted octanol–water partition coefficient (Wildman–Crippen LogP) is 2.81. The second-order valence-electron chi connectivity index (χ2n) is 7.15. The number of hydrogen-bond acceptors (Lipinski definition) is 4. The number of carbonyl (C=O) groups is 2. The van der Waals surface area contributed by atoms with Crippen LogP contribution in [0.3, 0.4) is 0 Å². The number of amides is 2. The first-order valence-electron chi connectivity index (χ1n) is 9.63. The van der Waals surface area contributed by atoms with Crippen LogP contribution >= 0.6 is 0 Å². The molecule has 0 aliphatic carbocycles. The number of rotatable bonds is 7. The Labute approximate surface area is 165 Å². The largest absolute Gasteiger partial charge is 0.484 e. The number of nitrogens with two attached hydrogens (primary N) is 1. The normalized spacial score (nSPS) is 13.8. The summed E-state index contributed by atoms with van der Waals surface area (Å²) >= 11 is 0. The van der Waals surface area contributed by atoms with Crippen molar-refractivity contribution >= 4 is 17.5 Å². The molecule has 1 fully saturated rings. The molecule has 2 N–H and O–H groups in total. The van der Waals surface area contributed by atoms with Gasteiger partial charge in [-0.3, -0.25) is 9.59 Å². The van der Waals surface area contributed by atoms with E-state index in [1.54, 1.807) is 36.2 Å². The minimum Gasteiger partial charge on any atom is -0.484 e. The van der Waals surface area contributed by atoms with Crippen molar-refractivity contribution in [3.63, 3.8) is 0 Å². The van der Waals surface area contributed by atoms with E-state index in [0.29, 0.717) is 17.9 Å². The Kier molecular flexibility index (Phi) is 6.53. The van der Waals surface area contributed by atoms with Gasteiger partial charge in [-0.2, -0.15) is 0 Å². The van der Waals surface area contributed by atoms with Gasteiger partial charge in [-0.1, -0.05) is 12.1 Å². The number of carbonyl (C=O) groups excluding carboxylic acids is 2. The first kappa shape index (κ1) is 19.7. The number of hydrogen-bond donors (Lipinski definition) is 1. The molecule has 0 radical (unpaired) electrons. The molecule has 28 heavy (non-hydrogen) atoms. The molecule has 2 amide bonds. The van der Waals surface area contributed by atoms with E-state index < -0.39 is 5.91 Å². The molecule has 1 saturated heterocycles. The van der Waals surface area contributed by atoms with Gasteiger partial charge in [0.15, 0.2) is 6.61 Å². The molecule has 0 aromatic heterocycles. The van der Waals surface area contributed by atoms with E-state index in [0.717, 1.165) is 18.7 Å². The third-order valence-corrected chi connectivity index (χ3v) is 4.91. The predicted molar refractivity (Wildman–Crippen MR) is 109 cm³/mol. The maximum absolute atomic E-state index is 12.6. The third-order valence-electron chi connectivity index (χ3n) is 4.91. The van der Waals surface area contributed by atoms with Crippen LogP contribution in [0.25, 0.3) is 0 Å².